The largest absolute Gasteiger partial charge is 0.336 e. The van der Waals surface area contributed by atoms with E-state index in [1.807, 2.05) is 0 Å². The van der Waals surface area contributed by atoms with Crippen molar-refractivity contribution < 1.29 is 4.39 Å². The van der Waals surface area contributed by atoms with Crippen LogP contribution in [0.4, 0.5) is 4.39 Å². The zero-order chi connectivity index (χ0) is 7.72. The summed E-state index contributed by atoms with van der Waals surface area (Å²) in [5.41, 5.74) is -0.392. The van der Waals surface area contributed by atoms with E-state index in [1.54, 1.807) is 0 Å². The summed E-state index contributed by atoms with van der Waals surface area (Å²) in [6, 6.07) is 0. The van der Waals surface area contributed by atoms with Gasteiger partial charge in [0.1, 0.15) is 4.47 Å². The fourth-order valence-corrected chi connectivity index (χ4v) is 1.37. The van der Waals surface area contributed by atoms with Gasteiger partial charge in [-0.25, -0.2) is 0 Å². The van der Waals surface area contributed by atoms with Crippen LogP contribution in [-0.2, 0) is 0 Å². The maximum absolute atomic E-state index is 12.4. The molecule has 1 rings (SSSR count). The topological polar surface area (TPSA) is 32.9 Å². The number of aromatic amines is 1. The van der Waals surface area contributed by atoms with Crippen LogP contribution in [0.15, 0.2) is 19.9 Å². The van der Waals surface area contributed by atoms with Gasteiger partial charge in [0.25, 0.3) is 0 Å². The molecular formula is C5H2Br2FNO. The zero-order valence-corrected chi connectivity index (χ0v) is 7.79. The fraction of sp³-hybridized carbons (Fsp3) is 0. The van der Waals surface area contributed by atoms with Gasteiger partial charge >= 0.3 is 0 Å². The van der Waals surface area contributed by atoms with Crippen LogP contribution in [0, 0.1) is 5.95 Å². The number of halogens is 3. The Morgan fingerprint density at radius 2 is 2.10 bits per heavy atom. The number of pyridine rings is 1. The Bertz CT molecular complexity index is 309. The lowest BCUT2D eigenvalue weighted by molar-refractivity contribution is 0.574. The van der Waals surface area contributed by atoms with Crippen molar-refractivity contribution in [2.45, 2.75) is 0 Å². The maximum atomic E-state index is 12.4. The highest BCUT2D eigenvalue weighted by Gasteiger charge is 2.05. The number of nitrogens with one attached hydrogen (secondary N) is 1. The third-order valence-corrected chi connectivity index (χ3v) is 2.23. The summed E-state index contributed by atoms with van der Waals surface area (Å²) in [6.45, 7) is 0. The molecule has 1 N–H and O–H groups in total. The summed E-state index contributed by atoms with van der Waals surface area (Å²) in [4.78, 5) is 13.1. The first-order chi connectivity index (χ1) is 4.63. The molecule has 0 saturated heterocycles. The molecule has 0 fully saturated rings. The molecule has 0 amide bonds. The molecule has 0 bridgehead atoms. The molecule has 5 heteroatoms. The summed E-state index contributed by atoms with van der Waals surface area (Å²) in [7, 11) is 0. The van der Waals surface area contributed by atoms with Gasteiger partial charge in [0.2, 0.25) is 11.4 Å². The van der Waals surface area contributed by atoms with E-state index in [-0.39, 0.29) is 4.47 Å². The van der Waals surface area contributed by atoms with Crippen LogP contribution in [0.5, 0.6) is 0 Å². The molecule has 0 unspecified atom stereocenters. The predicted molar refractivity (Wildman–Crippen MR) is 42.4 cm³/mol. The SMILES string of the molecule is O=c1c(Br)c[nH]c(F)c1Br. The van der Waals surface area contributed by atoms with Crippen molar-refractivity contribution in [1.82, 2.24) is 4.98 Å². The van der Waals surface area contributed by atoms with E-state index in [0.29, 0.717) is 4.47 Å². The van der Waals surface area contributed by atoms with Gasteiger partial charge in [0.05, 0.1) is 4.47 Å². The Morgan fingerprint density at radius 3 is 2.60 bits per heavy atom. The highest BCUT2D eigenvalue weighted by atomic mass is 79.9. The van der Waals surface area contributed by atoms with Crippen LogP contribution in [0.3, 0.4) is 0 Å². The van der Waals surface area contributed by atoms with Crippen LogP contribution >= 0.6 is 31.9 Å². The standard InChI is InChI=1S/C5H2Br2FNO/c6-2-1-9-5(8)3(7)4(2)10/h1H,(H,9,10). The van der Waals surface area contributed by atoms with Crippen molar-refractivity contribution in [1.29, 1.82) is 0 Å². The van der Waals surface area contributed by atoms with Gasteiger partial charge in [-0.3, -0.25) is 4.79 Å². The van der Waals surface area contributed by atoms with E-state index < -0.39 is 11.4 Å². The first-order valence-corrected chi connectivity index (χ1v) is 3.93. The van der Waals surface area contributed by atoms with E-state index in [1.165, 1.54) is 6.20 Å². The first-order valence-electron chi connectivity index (χ1n) is 2.35. The minimum Gasteiger partial charge on any atom is -0.336 e. The van der Waals surface area contributed by atoms with Crippen LogP contribution in [0.25, 0.3) is 0 Å². The number of H-pyrrole nitrogens is 1. The second-order valence-electron chi connectivity index (χ2n) is 1.59. The molecule has 0 aliphatic carbocycles. The van der Waals surface area contributed by atoms with Crippen molar-refractivity contribution in [2.75, 3.05) is 0 Å². The van der Waals surface area contributed by atoms with Crippen LogP contribution in [0.1, 0.15) is 0 Å². The number of rotatable bonds is 0. The third kappa shape index (κ3) is 1.29. The monoisotopic (exact) mass is 269 g/mol. The smallest absolute Gasteiger partial charge is 0.212 e. The Morgan fingerprint density at radius 1 is 1.50 bits per heavy atom. The lowest BCUT2D eigenvalue weighted by atomic mass is 10.5. The Kier molecular flexibility index (Phi) is 2.25. The number of aromatic nitrogens is 1. The van der Waals surface area contributed by atoms with E-state index in [2.05, 4.69) is 36.8 Å². The van der Waals surface area contributed by atoms with Gasteiger partial charge in [-0.05, 0) is 31.9 Å². The van der Waals surface area contributed by atoms with Gasteiger partial charge < -0.3 is 4.98 Å². The summed E-state index contributed by atoms with van der Waals surface area (Å²) >= 11 is 5.72. The predicted octanol–water partition coefficient (Wildman–Crippen LogP) is 2.04. The Balaban J connectivity index is 3.50. The van der Waals surface area contributed by atoms with Crippen molar-refractivity contribution in [2.24, 2.45) is 0 Å². The van der Waals surface area contributed by atoms with Gasteiger partial charge in [0, 0.05) is 6.20 Å². The molecule has 1 heterocycles. The number of hydrogen-bond donors (Lipinski definition) is 1. The van der Waals surface area contributed by atoms with Gasteiger partial charge in [-0.15, -0.1) is 0 Å². The first kappa shape index (κ1) is 7.94. The van der Waals surface area contributed by atoms with Crippen molar-refractivity contribution >= 4 is 31.9 Å². The minimum atomic E-state index is -0.659. The molecule has 0 spiro atoms. The molecule has 2 nitrogen and oxygen atoms in total. The van der Waals surface area contributed by atoms with E-state index in [4.69, 9.17) is 0 Å². The average Bonchev–Trinajstić information content (AvgIpc) is 1.93. The average molecular weight is 271 g/mol. The molecule has 0 aliphatic heterocycles. The van der Waals surface area contributed by atoms with Crippen molar-refractivity contribution in [3.05, 3.63) is 31.3 Å². The fourth-order valence-electron chi connectivity index (χ4n) is 0.460. The van der Waals surface area contributed by atoms with Gasteiger partial charge in [0.15, 0.2) is 0 Å². The second-order valence-corrected chi connectivity index (χ2v) is 3.24. The molecule has 54 valence electrons. The quantitative estimate of drug-likeness (QED) is 0.719. The molecule has 0 radical (unpaired) electrons. The molecule has 1 aromatic rings. The molecule has 1 aromatic heterocycles. The summed E-state index contributed by atoms with van der Waals surface area (Å²) in [5, 5.41) is 0. The Hall–Kier alpha value is -0.160. The normalized spacial score (nSPS) is 9.90. The zero-order valence-electron chi connectivity index (χ0n) is 4.62. The molecule has 10 heavy (non-hydrogen) atoms. The molecule has 0 atom stereocenters. The summed E-state index contributed by atoms with van der Waals surface area (Å²) in [6.07, 6.45) is 1.25. The lowest BCUT2D eigenvalue weighted by Crippen LogP contribution is -2.06. The lowest BCUT2D eigenvalue weighted by Gasteiger charge is -1.92. The van der Waals surface area contributed by atoms with E-state index in [0.717, 1.165) is 0 Å². The number of hydrogen-bond acceptors (Lipinski definition) is 1. The highest BCUT2D eigenvalue weighted by molar-refractivity contribution is 9.11. The molecular weight excluding hydrogens is 269 g/mol. The minimum absolute atomic E-state index is 0.0816. The molecule has 0 saturated carbocycles. The maximum Gasteiger partial charge on any atom is 0.212 e. The van der Waals surface area contributed by atoms with Gasteiger partial charge in [-0.2, -0.15) is 4.39 Å². The summed E-state index contributed by atoms with van der Waals surface area (Å²) in [5.74, 6) is -0.659. The van der Waals surface area contributed by atoms with E-state index >= 15 is 0 Å². The van der Waals surface area contributed by atoms with Crippen LogP contribution in [0.2, 0.25) is 0 Å². The van der Waals surface area contributed by atoms with Crippen molar-refractivity contribution in [3.8, 4) is 0 Å². The third-order valence-electron chi connectivity index (χ3n) is 0.935. The second kappa shape index (κ2) is 2.84. The molecule has 0 aliphatic rings. The van der Waals surface area contributed by atoms with Crippen LogP contribution in [-0.4, -0.2) is 4.98 Å². The highest BCUT2D eigenvalue weighted by Crippen LogP contribution is 2.10. The van der Waals surface area contributed by atoms with Crippen molar-refractivity contribution in [3.63, 3.8) is 0 Å². The Labute approximate surface area is 72.7 Å². The van der Waals surface area contributed by atoms with Gasteiger partial charge in [-0.1, -0.05) is 0 Å². The van der Waals surface area contributed by atoms with Crippen LogP contribution < -0.4 is 5.43 Å². The molecule has 0 aromatic carbocycles. The van der Waals surface area contributed by atoms with E-state index in [9.17, 15) is 9.18 Å². The summed E-state index contributed by atoms with van der Waals surface area (Å²) < 4.78 is 12.7.